The van der Waals surface area contributed by atoms with Crippen molar-refractivity contribution in [2.24, 2.45) is 23.5 Å². The first-order valence-electron chi connectivity index (χ1n) is 8.73. The van der Waals surface area contributed by atoms with Gasteiger partial charge in [0, 0.05) is 19.6 Å². The molecule has 2 fully saturated rings. The van der Waals surface area contributed by atoms with Crippen molar-refractivity contribution in [2.75, 3.05) is 20.7 Å². The topological polar surface area (TPSA) is 55.6 Å². The van der Waals surface area contributed by atoms with Gasteiger partial charge in [0.05, 0.1) is 13.0 Å². The Bertz CT molecular complexity index is 541. The quantitative estimate of drug-likeness (QED) is 0.877. The van der Waals surface area contributed by atoms with E-state index in [2.05, 4.69) is 12.1 Å². The highest BCUT2D eigenvalue weighted by Crippen LogP contribution is 2.48. The molecule has 2 saturated carbocycles. The normalized spacial score (nSPS) is 28.8. The van der Waals surface area contributed by atoms with Crippen LogP contribution in [0.5, 0.6) is 5.75 Å². The number of nitrogens with zero attached hydrogens (tertiary/aromatic N) is 1. The molecule has 0 spiro atoms. The molecule has 0 heterocycles. The van der Waals surface area contributed by atoms with Gasteiger partial charge in [0.2, 0.25) is 5.91 Å². The Morgan fingerprint density at radius 1 is 1.26 bits per heavy atom. The first-order chi connectivity index (χ1) is 11.1. The standard InChI is InChI=1S/C19H28N2O2/c1-21(11-3-4-13-5-9-16(23-2)10-6-13)19(22)17-14-7-8-15(12-14)18(17)20/h5-6,9-10,14-15,17-18H,3-4,7-8,11-12,20H2,1-2H3. The van der Waals surface area contributed by atoms with Gasteiger partial charge in [0.25, 0.3) is 0 Å². The van der Waals surface area contributed by atoms with E-state index in [4.69, 9.17) is 10.5 Å². The molecule has 23 heavy (non-hydrogen) atoms. The van der Waals surface area contributed by atoms with Crippen LogP contribution < -0.4 is 10.5 Å². The zero-order valence-corrected chi connectivity index (χ0v) is 14.2. The fourth-order valence-electron chi connectivity index (χ4n) is 4.38. The van der Waals surface area contributed by atoms with Gasteiger partial charge >= 0.3 is 0 Å². The molecule has 4 atom stereocenters. The van der Waals surface area contributed by atoms with Crippen molar-refractivity contribution in [3.05, 3.63) is 29.8 Å². The van der Waals surface area contributed by atoms with Crippen molar-refractivity contribution in [2.45, 2.75) is 38.1 Å². The third-order valence-corrected chi connectivity index (χ3v) is 5.76. The maximum Gasteiger partial charge on any atom is 0.227 e. The zero-order chi connectivity index (χ0) is 16.4. The number of hydrogen-bond donors (Lipinski definition) is 1. The second-order valence-electron chi connectivity index (χ2n) is 7.15. The van der Waals surface area contributed by atoms with Gasteiger partial charge in [-0.25, -0.2) is 0 Å². The van der Waals surface area contributed by atoms with E-state index in [1.807, 2.05) is 24.1 Å². The lowest BCUT2D eigenvalue weighted by molar-refractivity contribution is -0.136. The van der Waals surface area contributed by atoms with E-state index in [9.17, 15) is 4.79 Å². The molecule has 1 aromatic rings. The van der Waals surface area contributed by atoms with E-state index in [-0.39, 0.29) is 17.9 Å². The number of methoxy groups -OCH3 is 1. The number of amides is 1. The van der Waals surface area contributed by atoms with Gasteiger partial charge in [-0.2, -0.15) is 0 Å². The van der Waals surface area contributed by atoms with Gasteiger partial charge in [-0.3, -0.25) is 4.79 Å². The predicted octanol–water partition coefficient (Wildman–Crippen LogP) is 2.46. The number of nitrogens with two attached hydrogens (primary N) is 1. The lowest BCUT2D eigenvalue weighted by Gasteiger charge is -2.30. The number of benzene rings is 1. The Kier molecular flexibility index (Phi) is 4.90. The first-order valence-corrected chi connectivity index (χ1v) is 8.73. The summed E-state index contributed by atoms with van der Waals surface area (Å²) in [4.78, 5) is 14.6. The molecule has 4 nitrogen and oxygen atoms in total. The minimum absolute atomic E-state index is 0.0692. The summed E-state index contributed by atoms with van der Waals surface area (Å²) in [6.45, 7) is 0.797. The number of fused-ring (bicyclic) bond motifs is 2. The van der Waals surface area contributed by atoms with Gasteiger partial charge < -0.3 is 15.4 Å². The zero-order valence-electron chi connectivity index (χ0n) is 14.2. The van der Waals surface area contributed by atoms with Crippen LogP contribution in [0.2, 0.25) is 0 Å². The number of ether oxygens (including phenoxy) is 1. The highest BCUT2D eigenvalue weighted by atomic mass is 16.5. The minimum Gasteiger partial charge on any atom is -0.497 e. The van der Waals surface area contributed by atoms with Gasteiger partial charge in [-0.1, -0.05) is 12.1 Å². The maximum absolute atomic E-state index is 12.7. The third kappa shape index (κ3) is 3.37. The predicted molar refractivity (Wildman–Crippen MR) is 91.2 cm³/mol. The second kappa shape index (κ2) is 6.91. The maximum atomic E-state index is 12.7. The largest absolute Gasteiger partial charge is 0.497 e. The summed E-state index contributed by atoms with van der Waals surface area (Å²) < 4.78 is 5.17. The van der Waals surface area contributed by atoms with Crippen LogP contribution in [-0.2, 0) is 11.2 Å². The molecule has 1 amide bonds. The molecule has 0 radical (unpaired) electrons. The summed E-state index contributed by atoms with van der Waals surface area (Å²) in [6.07, 6.45) is 5.53. The lowest BCUT2D eigenvalue weighted by Crippen LogP contribution is -2.46. The number of aryl methyl sites for hydroxylation is 1. The summed E-state index contributed by atoms with van der Waals surface area (Å²) in [5.41, 5.74) is 7.57. The first kappa shape index (κ1) is 16.3. The van der Waals surface area contributed by atoms with Crippen molar-refractivity contribution < 1.29 is 9.53 Å². The van der Waals surface area contributed by atoms with Gasteiger partial charge in [-0.05, 0) is 61.6 Å². The van der Waals surface area contributed by atoms with Crippen LogP contribution in [0.25, 0.3) is 0 Å². The van der Waals surface area contributed by atoms with Crippen LogP contribution in [0.3, 0.4) is 0 Å². The average molecular weight is 316 g/mol. The molecule has 2 aliphatic carbocycles. The highest BCUT2D eigenvalue weighted by Gasteiger charge is 2.49. The van der Waals surface area contributed by atoms with Crippen LogP contribution in [0, 0.1) is 17.8 Å². The highest BCUT2D eigenvalue weighted by molar-refractivity contribution is 5.80. The molecule has 1 aromatic carbocycles. The molecule has 0 saturated heterocycles. The number of carbonyl (C=O) groups excluding carboxylic acids is 1. The Balaban J connectivity index is 1.47. The summed E-state index contributed by atoms with van der Waals surface area (Å²) >= 11 is 0. The van der Waals surface area contributed by atoms with Crippen molar-refractivity contribution in [3.63, 3.8) is 0 Å². The Morgan fingerprint density at radius 3 is 2.57 bits per heavy atom. The van der Waals surface area contributed by atoms with E-state index < -0.39 is 0 Å². The smallest absolute Gasteiger partial charge is 0.227 e. The van der Waals surface area contributed by atoms with E-state index in [0.29, 0.717) is 11.8 Å². The molecule has 4 heteroatoms. The lowest BCUT2D eigenvalue weighted by atomic mass is 9.84. The van der Waals surface area contributed by atoms with E-state index >= 15 is 0 Å². The third-order valence-electron chi connectivity index (χ3n) is 5.76. The Hall–Kier alpha value is -1.55. The molecule has 0 aromatic heterocycles. The molecule has 0 aliphatic heterocycles. The fourth-order valence-corrected chi connectivity index (χ4v) is 4.38. The molecular formula is C19H28N2O2. The van der Waals surface area contributed by atoms with Crippen LogP contribution in [0.4, 0.5) is 0 Å². The summed E-state index contributed by atoms with van der Waals surface area (Å²) in [6, 6.07) is 8.24. The van der Waals surface area contributed by atoms with Crippen LogP contribution in [0.1, 0.15) is 31.2 Å². The fraction of sp³-hybridized carbons (Fsp3) is 0.632. The van der Waals surface area contributed by atoms with Crippen LogP contribution in [-0.4, -0.2) is 37.6 Å². The summed E-state index contributed by atoms with van der Waals surface area (Å²) in [7, 11) is 3.60. The summed E-state index contributed by atoms with van der Waals surface area (Å²) in [5, 5.41) is 0. The minimum atomic E-state index is 0.0692. The molecule has 2 aliphatic rings. The molecule has 3 rings (SSSR count). The van der Waals surface area contributed by atoms with Crippen LogP contribution >= 0.6 is 0 Å². The SMILES string of the molecule is COc1ccc(CCCN(C)C(=O)C2C3CCC(C3)C2N)cc1. The number of hydrogen-bond acceptors (Lipinski definition) is 3. The van der Waals surface area contributed by atoms with Crippen molar-refractivity contribution >= 4 is 5.91 Å². The van der Waals surface area contributed by atoms with Gasteiger partial charge in [-0.15, -0.1) is 0 Å². The average Bonchev–Trinajstić information content (AvgIpc) is 3.16. The molecule has 2 bridgehead atoms. The van der Waals surface area contributed by atoms with E-state index in [1.165, 1.54) is 18.4 Å². The monoisotopic (exact) mass is 316 g/mol. The van der Waals surface area contributed by atoms with Gasteiger partial charge in [0.15, 0.2) is 0 Å². The van der Waals surface area contributed by atoms with E-state index in [1.54, 1.807) is 7.11 Å². The van der Waals surface area contributed by atoms with Crippen molar-refractivity contribution in [1.29, 1.82) is 0 Å². The molecule has 126 valence electrons. The second-order valence-corrected chi connectivity index (χ2v) is 7.15. The Labute approximate surface area is 139 Å². The molecular weight excluding hydrogens is 288 g/mol. The van der Waals surface area contributed by atoms with Gasteiger partial charge in [0.1, 0.15) is 5.75 Å². The van der Waals surface area contributed by atoms with Crippen molar-refractivity contribution in [1.82, 2.24) is 4.90 Å². The number of carbonyl (C=O) groups is 1. The van der Waals surface area contributed by atoms with Crippen molar-refractivity contribution in [3.8, 4) is 5.75 Å². The van der Waals surface area contributed by atoms with Crippen LogP contribution in [0.15, 0.2) is 24.3 Å². The number of rotatable bonds is 6. The van der Waals surface area contributed by atoms with E-state index in [0.717, 1.165) is 31.6 Å². The molecule has 2 N–H and O–H groups in total. The summed E-state index contributed by atoms with van der Waals surface area (Å²) in [5.74, 6) is 2.33. The molecule has 4 unspecified atom stereocenters. The Morgan fingerprint density at radius 2 is 1.96 bits per heavy atom.